The highest BCUT2D eigenvalue weighted by molar-refractivity contribution is 5.94. The van der Waals surface area contributed by atoms with E-state index in [0.717, 1.165) is 53.9 Å². The van der Waals surface area contributed by atoms with E-state index in [-0.39, 0.29) is 17.7 Å². The summed E-state index contributed by atoms with van der Waals surface area (Å²) >= 11 is 0. The number of aromatic carboxylic acids is 1. The van der Waals surface area contributed by atoms with Gasteiger partial charge in [-0.15, -0.1) is 0 Å². The third kappa shape index (κ3) is 4.06. The normalized spacial score (nSPS) is 19.2. The maximum absolute atomic E-state index is 11.6. The molecule has 0 saturated carbocycles. The van der Waals surface area contributed by atoms with Crippen molar-refractivity contribution in [3.8, 4) is 5.75 Å². The van der Waals surface area contributed by atoms with Crippen molar-refractivity contribution < 1.29 is 19.4 Å². The van der Waals surface area contributed by atoms with Gasteiger partial charge in [0.2, 0.25) is 0 Å². The predicted molar refractivity (Wildman–Crippen MR) is 126 cm³/mol. The maximum atomic E-state index is 11.6. The van der Waals surface area contributed by atoms with Crippen LogP contribution in [0.3, 0.4) is 0 Å². The van der Waals surface area contributed by atoms with Gasteiger partial charge in [-0.3, -0.25) is 4.90 Å². The number of nitrogens with one attached hydrogen (secondary N) is 2. The maximum Gasteiger partial charge on any atom is 0.337 e. The number of piperidine rings is 1. The number of rotatable bonds is 7. The number of nitrogens with zero attached hydrogens (tertiary/aromatic N) is 1. The molecule has 0 amide bonds. The molecule has 1 aromatic heterocycles. The van der Waals surface area contributed by atoms with Crippen LogP contribution in [0.15, 0.2) is 36.5 Å². The molecule has 2 aromatic carbocycles. The molecule has 3 N–H and O–H groups in total. The van der Waals surface area contributed by atoms with Crippen molar-refractivity contribution in [3.05, 3.63) is 58.8 Å². The molecule has 3 aromatic rings. The second-order valence-electron chi connectivity index (χ2n) is 8.37. The van der Waals surface area contributed by atoms with Crippen molar-refractivity contribution >= 4 is 22.6 Å². The second-order valence-corrected chi connectivity index (χ2v) is 8.37. The van der Waals surface area contributed by atoms with E-state index in [4.69, 9.17) is 9.47 Å². The molecule has 0 aliphatic carbocycles. The third-order valence-electron chi connectivity index (χ3n) is 6.62. The van der Waals surface area contributed by atoms with E-state index in [2.05, 4.69) is 34.3 Å². The van der Waals surface area contributed by atoms with Crippen molar-refractivity contribution in [2.45, 2.75) is 38.5 Å². The summed E-state index contributed by atoms with van der Waals surface area (Å²) in [6.45, 7) is 3.69. The van der Waals surface area contributed by atoms with Crippen LogP contribution >= 0.6 is 0 Å². The molecule has 2 heterocycles. The number of aryl methyl sites for hydroxylation is 1. The molecule has 1 aliphatic rings. The Bertz CT molecular complexity index is 1120. The number of carbonyl (C=O) groups is 1. The standard InChI is InChI=1S/C25H31N3O4/c1-15-11-23(32-4)20(18-7-9-27-24(15)18)14-28-10-8-17(31-3)13-22(28)16-5-6-19(25(29)30)21(12-16)26-2/h5-7,9,11-12,17,22,26-27H,8,10,13-14H2,1-4H3,(H,29,30). The van der Waals surface area contributed by atoms with Gasteiger partial charge in [-0.1, -0.05) is 6.07 Å². The molecule has 7 nitrogen and oxygen atoms in total. The monoisotopic (exact) mass is 437 g/mol. The quantitative estimate of drug-likeness (QED) is 0.502. The van der Waals surface area contributed by atoms with Crippen LogP contribution in [-0.4, -0.2) is 54.9 Å². The second kappa shape index (κ2) is 9.22. The van der Waals surface area contributed by atoms with Gasteiger partial charge in [-0.2, -0.15) is 0 Å². The fourth-order valence-corrected chi connectivity index (χ4v) is 4.88. The first-order valence-electron chi connectivity index (χ1n) is 10.9. The minimum Gasteiger partial charge on any atom is -0.496 e. The molecule has 170 valence electrons. The average Bonchev–Trinajstić information content (AvgIpc) is 3.31. The number of aromatic nitrogens is 1. The van der Waals surface area contributed by atoms with Crippen LogP contribution in [0.5, 0.6) is 5.75 Å². The van der Waals surface area contributed by atoms with Crippen molar-refractivity contribution in [2.75, 3.05) is 33.1 Å². The van der Waals surface area contributed by atoms with Crippen LogP contribution in [0, 0.1) is 6.92 Å². The predicted octanol–water partition coefficient (Wildman–Crippen LogP) is 4.58. The van der Waals surface area contributed by atoms with Crippen molar-refractivity contribution in [3.63, 3.8) is 0 Å². The first-order chi connectivity index (χ1) is 15.5. The lowest BCUT2D eigenvalue weighted by Gasteiger charge is -2.40. The van der Waals surface area contributed by atoms with E-state index < -0.39 is 5.97 Å². The van der Waals surface area contributed by atoms with Crippen LogP contribution < -0.4 is 10.1 Å². The minimum absolute atomic E-state index is 0.101. The zero-order valence-electron chi connectivity index (χ0n) is 19.1. The SMILES string of the molecule is CNc1cc(C2CC(OC)CCN2Cc2c(OC)cc(C)c3[nH]ccc23)ccc1C(=O)O. The Balaban J connectivity index is 1.74. The van der Waals surface area contributed by atoms with Crippen molar-refractivity contribution in [1.29, 1.82) is 0 Å². The van der Waals surface area contributed by atoms with Crippen LogP contribution in [0.1, 0.15) is 45.9 Å². The fourth-order valence-electron chi connectivity index (χ4n) is 4.88. The molecule has 2 atom stereocenters. The highest BCUT2D eigenvalue weighted by Crippen LogP contribution is 2.38. The lowest BCUT2D eigenvalue weighted by atomic mass is 9.91. The molecule has 0 radical (unpaired) electrons. The van der Waals surface area contributed by atoms with E-state index >= 15 is 0 Å². The summed E-state index contributed by atoms with van der Waals surface area (Å²) in [5, 5.41) is 13.7. The molecule has 7 heteroatoms. The Labute approximate surface area is 188 Å². The third-order valence-corrected chi connectivity index (χ3v) is 6.62. The van der Waals surface area contributed by atoms with Gasteiger partial charge in [-0.05, 0) is 55.2 Å². The Morgan fingerprint density at radius 1 is 1.28 bits per heavy atom. The number of fused-ring (bicyclic) bond motifs is 1. The van der Waals surface area contributed by atoms with Crippen LogP contribution in [0.2, 0.25) is 0 Å². The topological polar surface area (TPSA) is 86.8 Å². The van der Waals surface area contributed by atoms with Gasteiger partial charge in [0.05, 0.1) is 18.8 Å². The van der Waals surface area contributed by atoms with Gasteiger partial charge in [0, 0.05) is 61.6 Å². The number of aromatic amines is 1. The van der Waals surface area contributed by atoms with Gasteiger partial charge in [0.15, 0.2) is 0 Å². The Morgan fingerprint density at radius 2 is 2.09 bits per heavy atom. The summed E-state index contributed by atoms with van der Waals surface area (Å²) in [4.78, 5) is 17.4. The highest BCUT2D eigenvalue weighted by atomic mass is 16.5. The van der Waals surface area contributed by atoms with Crippen LogP contribution in [0.25, 0.3) is 10.9 Å². The zero-order chi connectivity index (χ0) is 22.8. The summed E-state index contributed by atoms with van der Waals surface area (Å²) in [5.41, 5.74) is 5.42. The first-order valence-corrected chi connectivity index (χ1v) is 10.9. The number of benzene rings is 2. The largest absolute Gasteiger partial charge is 0.496 e. The van der Waals surface area contributed by atoms with Gasteiger partial charge in [-0.25, -0.2) is 4.79 Å². The number of anilines is 1. The molecule has 32 heavy (non-hydrogen) atoms. The number of hydrogen-bond acceptors (Lipinski definition) is 5. The first kappa shape index (κ1) is 22.2. The summed E-state index contributed by atoms with van der Waals surface area (Å²) in [7, 11) is 5.23. The van der Waals surface area contributed by atoms with Gasteiger partial charge in [0.25, 0.3) is 0 Å². The van der Waals surface area contributed by atoms with E-state index in [1.807, 2.05) is 18.3 Å². The van der Waals surface area contributed by atoms with E-state index in [1.54, 1.807) is 27.3 Å². The number of H-pyrrole nitrogens is 1. The summed E-state index contributed by atoms with van der Waals surface area (Å²) < 4.78 is 11.5. The molecule has 1 saturated heterocycles. The van der Waals surface area contributed by atoms with Crippen LogP contribution in [-0.2, 0) is 11.3 Å². The molecule has 2 unspecified atom stereocenters. The summed E-state index contributed by atoms with van der Waals surface area (Å²) in [5.74, 6) is -0.0465. The van der Waals surface area contributed by atoms with Crippen LogP contribution in [0.4, 0.5) is 5.69 Å². The summed E-state index contributed by atoms with van der Waals surface area (Å²) in [6, 6.07) is 9.87. The Kier molecular flexibility index (Phi) is 6.39. The Hall–Kier alpha value is -3.03. The van der Waals surface area contributed by atoms with E-state index in [0.29, 0.717) is 5.69 Å². The number of likely N-dealkylation sites (tertiary alicyclic amines) is 1. The number of methoxy groups -OCH3 is 2. The van der Waals surface area contributed by atoms with E-state index in [9.17, 15) is 9.90 Å². The molecule has 1 fully saturated rings. The summed E-state index contributed by atoms with van der Waals surface area (Å²) in [6.07, 6.45) is 3.93. The fraction of sp³-hybridized carbons (Fsp3) is 0.400. The average molecular weight is 438 g/mol. The molecule has 0 spiro atoms. The van der Waals surface area contributed by atoms with Gasteiger partial charge < -0.3 is 24.9 Å². The lowest BCUT2D eigenvalue weighted by molar-refractivity contribution is 0.00676. The molecular formula is C25H31N3O4. The van der Waals surface area contributed by atoms with E-state index in [1.165, 1.54) is 5.39 Å². The smallest absolute Gasteiger partial charge is 0.337 e. The zero-order valence-corrected chi connectivity index (χ0v) is 19.1. The molecular weight excluding hydrogens is 406 g/mol. The highest BCUT2D eigenvalue weighted by Gasteiger charge is 2.31. The minimum atomic E-state index is -0.935. The number of ether oxygens (including phenoxy) is 2. The Morgan fingerprint density at radius 3 is 2.78 bits per heavy atom. The van der Waals surface area contributed by atoms with Crippen molar-refractivity contribution in [1.82, 2.24) is 9.88 Å². The lowest BCUT2D eigenvalue weighted by Crippen LogP contribution is -2.39. The molecule has 4 rings (SSSR count). The molecule has 1 aliphatic heterocycles. The number of carboxylic acids is 1. The van der Waals surface area contributed by atoms with Gasteiger partial charge >= 0.3 is 5.97 Å². The molecule has 0 bridgehead atoms. The van der Waals surface area contributed by atoms with Gasteiger partial charge in [0.1, 0.15) is 5.75 Å². The number of carboxylic acid groups (broad SMARTS) is 1. The van der Waals surface area contributed by atoms with Crippen molar-refractivity contribution in [2.24, 2.45) is 0 Å². The number of hydrogen-bond donors (Lipinski definition) is 3.